The van der Waals surface area contributed by atoms with Crippen LogP contribution in [-0.2, 0) is 10.0 Å². The van der Waals surface area contributed by atoms with Gasteiger partial charge in [0.2, 0.25) is 10.0 Å². The molecule has 0 saturated heterocycles. The van der Waals surface area contributed by atoms with Gasteiger partial charge in [-0.3, -0.25) is 0 Å². The Labute approximate surface area is 122 Å². The van der Waals surface area contributed by atoms with E-state index in [1.54, 1.807) is 18.2 Å². The van der Waals surface area contributed by atoms with Crippen molar-refractivity contribution in [3.63, 3.8) is 0 Å². The first-order valence-electron chi connectivity index (χ1n) is 6.88. The van der Waals surface area contributed by atoms with E-state index in [1.165, 1.54) is 6.07 Å². The van der Waals surface area contributed by atoms with Crippen LogP contribution in [0.4, 0.5) is 5.69 Å². The molecule has 0 bridgehead atoms. The third-order valence-electron chi connectivity index (χ3n) is 3.33. The minimum absolute atomic E-state index is 0.152. The van der Waals surface area contributed by atoms with Crippen LogP contribution in [0, 0.1) is 0 Å². The van der Waals surface area contributed by atoms with Crippen LogP contribution >= 0.6 is 0 Å². The summed E-state index contributed by atoms with van der Waals surface area (Å²) in [6.45, 7) is 6.11. The van der Waals surface area contributed by atoms with Gasteiger partial charge >= 0.3 is 0 Å². The molecule has 0 aliphatic heterocycles. The number of primary sulfonamides is 1. The van der Waals surface area contributed by atoms with Crippen LogP contribution in [0.3, 0.4) is 0 Å². The summed E-state index contributed by atoms with van der Waals surface area (Å²) in [5.41, 5.74) is 0.576. The first-order valence-corrected chi connectivity index (χ1v) is 8.43. The lowest BCUT2D eigenvalue weighted by Crippen LogP contribution is -2.27. The van der Waals surface area contributed by atoms with Crippen molar-refractivity contribution in [2.75, 3.05) is 25.5 Å². The number of para-hydroxylation sites is 1. The predicted octanol–water partition coefficient (Wildman–Crippen LogP) is 1.87. The van der Waals surface area contributed by atoms with Crippen molar-refractivity contribution >= 4 is 15.7 Å². The van der Waals surface area contributed by atoms with E-state index in [-0.39, 0.29) is 4.90 Å². The van der Waals surface area contributed by atoms with Crippen molar-refractivity contribution in [1.82, 2.24) is 4.90 Å². The zero-order valence-corrected chi connectivity index (χ0v) is 13.3. The molecule has 0 radical (unpaired) electrons. The number of hydrogen-bond acceptors (Lipinski definition) is 4. The van der Waals surface area contributed by atoms with E-state index in [2.05, 4.69) is 31.1 Å². The Bertz CT molecular complexity index is 515. The number of hydrogen-bond donors (Lipinski definition) is 2. The number of nitrogens with zero attached hydrogens (tertiary/aromatic N) is 1. The molecule has 0 aliphatic rings. The Morgan fingerprint density at radius 2 is 1.90 bits per heavy atom. The summed E-state index contributed by atoms with van der Waals surface area (Å²) < 4.78 is 22.9. The number of benzene rings is 1. The third kappa shape index (κ3) is 5.48. The van der Waals surface area contributed by atoms with Crippen LogP contribution in [0.15, 0.2) is 29.2 Å². The van der Waals surface area contributed by atoms with Crippen molar-refractivity contribution in [2.24, 2.45) is 5.14 Å². The Morgan fingerprint density at radius 3 is 2.50 bits per heavy atom. The van der Waals surface area contributed by atoms with Gasteiger partial charge in [-0.25, -0.2) is 13.6 Å². The zero-order chi connectivity index (χ0) is 15.2. The van der Waals surface area contributed by atoms with Crippen molar-refractivity contribution in [3.05, 3.63) is 24.3 Å². The monoisotopic (exact) mass is 299 g/mol. The topological polar surface area (TPSA) is 75.4 Å². The van der Waals surface area contributed by atoms with E-state index >= 15 is 0 Å². The number of unbranched alkanes of at least 4 members (excludes halogenated alkanes) is 1. The fourth-order valence-electron chi connectivity index (χ4n) is 1.83. The quantitative estimate of drug-likeness (QED) is 0.719. The molecule has 0 amide bonds. The average Bonchev–Trinajstić information content (AvgIpc) is 2.37. The molecule has 0 aromatic heterocycles. The van der Waals surface area contributed by atoms with E-state index in [9.17, 15) is 8.42 Å². The molecule has 0 atom stereocenters. The number of sulfonamides is 1. The summed E-state index contributed by atoms with van der Waals surface area (Å²) >= 11 is 0. The molecule has 0 aliphatic carbocycles. The summed E-state index contributed by atoms with van der Waals surface area (Å²) in [4.78, 5) is 2.44. The molecule has 0 saturated carbocycles. The summed E-state index contributed by atoms with van der Waals surface area (Å²) in [6.07, 6.45) is 2.05. The number of anilines is 1. The second kappa shape index (κ2) is 7.61. The Kier molecular flexibility index (Phi) is 6.45. The SMILES string of the molecule is CC(C)N(C)CCCCNc1ccccc1S(N)(=O)=O. The van der Waals surface area contributed by atoms with Gasteiger partial charge in [0, 0.05) is 12.6 Å². The highest BCUT2D eigenvalue weighted by Gasteiger charge is 2.12. The fourth-order valence-corrected chi connectivity index (χ4v) is 2.54. The van der Waals surface area contributed by atoms with Crippen molar-refractivity contribution < 1.29 is 8.42 Å². The van der Waals surface area contributed by atoms with E-state index in [0.29, 0.717) is 11.7 Å². The number of rotatable bonds is 8. The molecule has 0 spiro atoms. The average molecular weight is 299 g/mol. The first-order chi connectivity index (χ1) is 9.32. The van der Waals surface area contributed by atoms with Crippen LogP contribution < -0.4 is 10.5 Å². The standard InChI is InChI=1S/C14H25N3O2S/c1-12(2)17(3)11-7-6-10-16-13-8-4-5-9-14(13)20(15,18)19/h4-5,8-9,12,16H,6-7,10-11H2,1-3H3,(H2,15,18,19). The molecule has 1 aromatic rings. The maximum Gasteiger partial charge on any atom is 0.240 e. The number of nitrogens with one attached hydrogen (secondary N) is 1. The first kappa shape index (κ1) is 16.9. The highest BCUT2D eigenvalue weighted by Crippen LogP contribution is 2.19. The Morgan fingerprint density at radius 1 is 1.25 bits per heavy atom. The highest BCUT2D eigenvalue weighted by molar-refractivity contribution is 7.89. The summed E-state index contributed by atoms with van der Waals surface area (Å²) in [5.74, 6) is 0. The highest BCUT2D eigenvalue weighted by atomic mass is 32.2. The summed E-state index contributed by atoms with van der Waals surface area (Å²) in [6, 6.07) is 7.27. The Balaban J connectivity index is 2.44. The van der Waals surface area contributed by atoms with Gasteiger partial charge in [0.1, 0.15) is 4.90 Å². The molecular formula is C14H25N3O2S. The maximum absolute atomic E-state index is 11.4. The van der Waals surface area contributed by atoms with Gasteiger partial charge in [-0.1, -0.05) is 12.1 Å². The minimum Gasteiger partial charge on any atom is -0.384 e. The van der Waals surface area contributed by atoms with E-state index < -0.39 is 10.0 Å². The minimum atomic E-state index is -3.67. The lowest BCUT2D eigenvalue weighted by atomic mass is 10.2. The maximum atomic E-state index is 11.4. The predicted molar refractivity (Wildman–Crippen MR) is 83.3 cm³/mol. The zero-order valence-electron chi connectivity index (χ0n) is 12.5. The Hall–Kier alpha value is -1.11. The van der Waals surface area contributed by atoms with Gasteiger partial charge in [0.15, 0.2) is 0 Å². The lowest BCUT2D eigenvalue weighted by molar-refractivity contribution is 0.269. The smallest absolute Gasteiger partial charge is 0.240 e. The molecular weight excluding hydrogens is 274 g/mol. The van der Waals surface area contributed by atoms with E-state index in [1.807, 2.05) is 0 Å². The molecule has 20 heavy (non-hydrogen) atoms. The van der Waals surface area contributed by atoms with Crippen LogP contribution in [0.1, 0.15) is 26.7 Å². The van der Waals surface area contributed by atoms with Crippen LogP contribution in [-0.4, -0.2) is 39.5 Å². The normalized spacial score (nSPS) is 12.1. The molecule has 6 heteroatoms. The van der Waals surface area contributed by atoms with Crippen molar-refractivity contribution in [1.29, 1.82) is 0 Å². The fraction of sp³-hybridized carbons (Fsp3) is 0.571. The third-order valence-corrected chi connectivity index (χ3v) is 4.30. The molecule has 0 heterocycles. The van der Waals surface area contributed by atoms with Crippen LogP contribution in [0.2, 0.25) is 0 Å². The van der Waals surface area contributed by atoms with Gasteiger partial charge in [0.25, 0.3) is 0 Å². The molecule has 0 unspecified atom stereocenters. The largest absolute Gasteiger partial charge is 0.384 e. The second-order valence-corrected chi connectivity index (χ2v) is 6.78. The van der Waals surface area contributed by atoms with Crippen molar-refractivity contribution in [3.8, 4) is 0 Å². The van der Waals surface area contributed by atoms with E-state index in [0.717, 1.165) is 25.9 Å². The summed E-state index contributed by atoms with van der Waals surface area (Å²) in [5, 5.41) is 8.33. The van der Waals surface area contributed by atoms with Crippen molar-refractivity contribution in [2.45, 2.75) is 37.6 Å². The van der Waals surface area contributed by atoms with Gasteiger partial charge in [-0.2, -0.15) is 0 Å². The molecule has 5 nitrogen and oxygen atoms in total. The molecule has 1 aromatic carbocycles. The van der Waals surface area contributed by atoms with Gasteiger partial charge < -0.3 is 10.2 Å². The molecule has 1 rings (SSSR count). The molecule has 0 fully saturated rings. The van der Waals surface area contributed by atoms with Gasteiger partial charge in [0.05, 0.1) is 5.69 Å². The lowest BCUT2D eigenvalue weighted by Gasteiger charge is -2.20. The second-order valence-electron chi connectivity index (χ2n) is 5.25. The number of nitrogens with two attached hydrogens (primary N) is 1. The molecule has 3 N–H and O–H groups in total. The van der Waals surface area contributed by atoms with Gasteiger partial charge in [-0.05, 0) is 52.4 Å². The van der Waals surface area contributed by atoms with Crippen LogP contribution in [0.25, 0.3) is 0 Å². The summed E-state index contributed by atoms with van der Waals surface area (Å²) in [7, 11) is -1.57. The van der Waals surface area contributed by atoms with Crippen LogP contribution in [0.5, 0.6) is 0 Å². The van der Waals surface area contributed by atoms with Gasteiger partial charge in [-0.15, -0.1) is 0 Å². The van der Waals surface area contributed by atoms with E-state index in [4.69, 9.17) is 5.14 Å². The molecule has 114 valence electrons.